The average Bonchev–Trinajstić information content (AvgIpc) is 3.13. The zero-order valence-electron chi connectivity index (χ0n) is 17.6. The van der Waals surface area contributed by atoms with Gasteiger partial charge >= 0.3 is 0 Å². The fourth-order valence-corrected chi connectivity index (χ4v) is 3.65. The molecule has 162 valence electrons. The van der Waals surface area contributed by atoms with Crippen molar-refractivity contribution in [1.29, 1.82) is 0 Å². The quantitative estimate of drug-likeness (QED) is 0.617. The minimum absolute atomic E-state index is 0.0197. The summed E-state index contributed by atoms with van der Waals surface area (Å²) in [7, 11) is 0. The maximum Gasteiger partial charge on any atom is 0.287 e. The molecule has 0 radical (unpaired) electrons. The summed E-state index contributed by atoms with van der Waals surface area (Å²) in [5, 5.41) is 14.5. The number of furan rings is 1. The van der Waals surface area contributed by atoms with Crippen molar-refractivity contribution in [3.63, 3.8) is 0 Å². The lowest BCUT2D eigenvalue weighted by Gasteiger charge is -2.28. The summed E-state index contributed by atoms with van der Waals surface area (Å²) in [6.07, 6.45) is 2.92. The Labute approximate surface area is 176 Å². The number of ether oxygens (including phenoxy) is 1. The number of benzene rings is 1. The Bertz CT molecular complexity index is 851. The van der Waals surface area contributed by atoms with E-state index in [1.54, 1.807) is 6.07 Å². The highest BCUT2D eigenvalue weighted by molar-refractivity contribution is 5.92. The molecule has 30 heavy (non-hydrogen) atoms. The Hall–Kier alpha value is -2.80. The van der Waals surface area contributed by atoms with Crippen LogP contribution in [0.4, 0.5) is 0 Å². The van der Waals surface area contributed by atoms with E-state index in [1.165, 1.54) is 5.56 Å². The van der Waals surface area contributed by atoms with E-state index in [1.807, 2.05) is 38.1 Å². The van der Waals surface area contributed by atoms with Crippen molar-refractivity contribution >= 4 is 11.8 Å². The molecule has 2 aromatic rings. The minimum atomic E-state index is -0.243. The standard InChI is InChI=1S/C23H30N2O5/c1-15-3-9-20(10-4-15)29-14-18-13-21(30-16(18)2)23(28)25-19-7-5-17(6-8-19)22(27)24-11-12-26/h3-4,9-10,13,17,19,26H,5-8,11-12,14H2,1-2H3,(H,24,27)(H,25,28). The molecule has 0 bridgehead atoms. The maximum atomic E-state index is 12.6. The third kappa shape index (κ3) is 5.86. The lowest BCUT2D eigenvalue weighted by molar-refractivity contribution is -0.126. The molecule has 3 N–H and O–H groups in total. The van der Waals surface area contributed by atoms with E-state index in [9.17, 15) is 9.59 Å². The number of aliphatic hydroxyl groups is 1. The summed E-state index contributed by atoms with van der Waals surface area (Å²) >= 11 is 0. The van der Waals surface area contributed by atoms with Crippen molar-refractivity contribution in [1.82, 2.24) is 10.6 Å². The Morgan fingerprint density at radius 3 is 2.50 bits per heavy atom. The van der Waals surface area contributed by atoms with Crippen LogP contribution in [-0.2, 0) is 11.4 Å². The highest BCUT2D eigenvalue weighted by Gasteiger charge is 2.27. The van der Waals surface area contributed by atoms with Gasteiger partial charge in [-0.15, -0.1) is 0 Å². The van der Waals surface area contributed by atoms with Crippen LogP contribution >= 0.6 is 0 Å². The van der Waals surface area contributed by atoms with Crippen LogP contribution in [0.2, 0.25) is 0 Å². The Kier molecular flexibility index (Phi) is 7.52. The van der Waals surface area contributed by atoms with E-state index in [-0.39, 0.29) is 42.7 Å². The second kappa shape index (κ2) is 10.3. The lowest BCUT2D eigenvalue weighted by Crippen LogP contribution is -2.41. The van der Waals surface area contributed by atoms with E-state index in [0.29, 0.717) is 12.4 Å². The SMILES string of the molecule is Cc1ccc(OCc2cc(C(=O)NC3CCC(C(=O)NCCO)CC3)oc2C)cc1. The molecule has 1 saturated carbocycles. The molecular weight excluding hydrogens is 384 g/mol. The van der Waals surface area contributed by atoms with Crippen LogP contribution in [0.3, 0.4) is 0 Å². The zero-order valence-corrected chi connectivity index (χ0v) is 17.6. The number of hydrogen-bond donors (Lipinski definition) is 3. The van der Waals surface area contributed by atoms with E-state index < -0.39 is 0 Å². The third-order valence-electron chi connectivity index (χ3n) is 5.50. The lowest BCUT2D eigenvalue weighted by atomic mass is 9.85. The Morgan fingerprint density at radius 1 is 1.13 bits per heavy atom. The van der Waals surface area contributed by atoms with Gasteiger partial charge in [0.05, 0.1) is 6.61 Å². The smallest absolute Gasteiger partial charge is 0.287 e. The van der Waals surface area contributed by atoms with Crippen molar-refractivity contribution in [2.45, 2.75) is 52.2 Å². The maximum absolute atomic E-state index is 12.6. The monoisotopic (exact) mass is 414 g/mol. The predicted molar refractivity (Wildman–Crippen MR) is 112 cm³/mol. The fourth-order valence-electron chi connectivity index (χ4n) is 3.65. The number of rotatable bonds is 8. The molecular formula is C23H30N2O5. The fraction of sp³-hybridized carbons (Fsp3) is 0.478. The zero-order chi connectivity index (χ0) is 21.5. The molecule has 7 nitrogen and oxygen atoms in total. The van der Waals surface area contributed by atoms with Gasteiger partial charge in [0.1, 0.15) is 18.1 Å². The number of carbonyl (C=O) groups is 2. The predicted octanol–water partition coefficient (Wildman–Crippen LogP) is 2.87. The largest absolute Gasteiger partial charge is 0.489 e. The van der Waals surface area contributed by atoms with Gasteiger partial charge in [-0.2, -0.15) is 0 Å². The molecule has 1 fully saturated rings. The summed E-state index contributed by atoms with van der Waals surface area (Å²) in [5.41, 5.74) is 2.01. The molecule has 3 rings (SSSR count). The van der Waals surface area contributed by atoms with Crippen molar-refractivity contribution in [2.75, 3.05) is 13.2 Å². The normalized spacial score (nSPS) is 18.6. The van der Waals surface area contributed by atoms with Gasteiger partial charge in [0.15, 0.2) is 5.76 Å². The van der Waals surface area contributed by atoms with E-state index in [2.05, 4.69) is 10.6 Å². The summed E-state index contributed by atoms with van der Waals surface area (Å²) in [4.78, 5) is 24.6. The molecule has 1 aliphatic carbocycles. The second-order valence-corrected chi connectivity index (χ2v) is 7.83. The number of carbonyl (C=O) groups excluding carboxylic acids is 2. The van der Waals surface area contributed by atoms with Gasteiger partial charge in [0.25, 0.3) is 5.91 Å². The van der Waals surface area contributed by atoms with E-state index in [4.69, 9.17) is 14.3 Å². The Morgan fingerprint density at radius 2 is 1.83 bits per heavy atom. The molecule has 1 aromatic carbocycles. The molecule has 0 spiro atoms. The van der Waals surface area contributed by atoms with Gasteiger partial charge in [0.2, 0.25) is 5.91 Å². The first-order valence-electron chi connectivity index (χ1n) is 10.4. The Balaban J connectivity index is 1.48. The minimum Gasteiger partial charge on any atom is -0.489 e. The van der Waals surface area contributed by atoms with Crippen LogP contribution in [0.5, 0.6) is 5.75 Å². The number of aryl methyl sites for hydroxylation is 2. The number of aliphatic hydroxyl groups excluding tert-OH is 1. The van der Waals surface area contributed by atoms with Gasteiger partial charge in [-0.1, -0.05) is 17.7 Å². The molecule has 1 aliphatic rings. The van der Waals surface area contributed by atoms with Crippen molar-refractivity contribution in [2.24, 2.45) is 5.92 Å². The van der Waals surface area contributed by atoms with Gasteiger partial charge in [-0.25, -0.2) is 0 Å². The summed E-state index contributed by atoms with van der Waals surface area (Å²) in [6.45, 7) is 4.40. The van der Waals surface area contributed by atoms with Gasteiger partial charge in [-0.05, 0) is 57.7 Å². The topological polar surface area (TPSA) is 101 Å². The van der Waals surface area contributed by atoms with Crippen molar-refractivity contribution in [3.8, 4) is 5.75 Å². The summed E-state index contributed by atoms with van der Waals surface area (Å²) in [5.74, 6) is 1.39. The van der Waals surface area contributed by atoms with Crippen LogP contribution in [0.1, 0.15) is 53.1 Å². The number of hydrogen-bond acceptors (Lipinski definition) is 5. The molecule has 0 saturated heterocycles. The molecule has 0 unspecified atom stereocenters. The second-order valence-electron chi connectivity index (χ2n) is 7.83. The molecule has 1 heterocycles. The highest BCUT2D eigenvalue weighted by Crippen LogP contribution is 2.25. The van der Waals surface area contributed by atoms with Crippen LogP contribution in [0, 0.1) is 19.8 Å². The van der Waals surface area contributed by atoms with Gasteiger partial charge in [0, 0.05) is 24.1 Å². The van der Waals surface area contributed by atoms with Crippen molar-refractivity contribution < 1.29 is 23.8 Å². The molecule has 2 amide bonds. The third-order valence-corrected chi connectivity index (χ3v) is 5.50. The van der Waals surface area contributed by atoms with Crippen LogP contribution in [-0.4, -0.2) is 36.1 Å². The summed E-state index contributed by atoms with van der Waals surface area (Å²) < 4.78 is 11.4. The van der Waals surface area contributed by atoms with E-state index in [0.717, 1.165) is 37.0 Å². The average molecular weight is 415 g/mol. The first-order chi connectivity index (χ1) is 14.5. The number of amides is 2. The molecule has 1 aromatic heterocycles. The first-order valence-corrected chi connectivity index (χ1v) is 10.4. The molecule has 0 aliphatic heterocycles. The van der Waals surface area contributed by atoms with E-state index >= 15 is 0 Å². The van der Waals surface area contributed by atoms with Crippen LogP contribution in [0.25, 0.3) is 0 Å². The van der Waals surface area contributed by atoms with Crippen molar-refractivity contribution in [3.05, 3.63) is 53.0 Å². The first kappa shape index (κ1) is 21.9. The van der Waals surface area contributed by atoms with Crippen LogP contribution in [0.15, 0.2) is 34.7 Å². The molecule has 7 heteroatoms. The van der Waals surface area contributed by atoms with Gasteiger partial charge < -0.3 is 24.9 Å². The highest BCUT2D eigenvalue weighted by atomic mass is 16.5. The molecule has 0 atom stereocenters. The summed E-state index contributed by atoms with van der Waals surface area (Å²) in [6, 6.07) is 9.56. The van der Waals surface area contributed by atoms with Gasteiger partial charge in [-0.3, -0.25) is 9.59 Å². The number of nitrogens with one attached hydrogen (secondary N) is 2. The van der Waals surface area contributed by atoms with Crippen LogP contribution < -0.4 is 15.4 Å².